The predicted molar refractivity (Wildman–Crippen MR) is 105 cm³/mol. The van der Waals surface area contributed by atoms with Crippen LogP contribution in [0.3, 0.4) is 0 Å². The van der Waals surface area contributed by atoms with Crippen LogP contribution in [0, 0.1) is 0 Å². The number of carbonyl (C=O) groups is 1. The molecule has 0 amide bonds. The molecule has 1 unspecified atom stereocenters. The molecule has 1 atom stereocenters. The van der Waals surface area contributed by atoms with Gasteiger partial charge in [0.1, 0.15) is 12.4 Å². The van der Waals surface area contributed by atoms with Gasteiger partial charge in [-0.1, -0.05) is 76.6 Å². The fourth-order valence-corrected chi connectivity index (χ4v) is 3.22. The molecule has 0 heterocycles. The average Bonchev–Trinajstić information content (AvgIpc) is 2.66. The highest BCUT2D eigenvalue weighted by Crippen LogP contribution is 2.33. The van der Waals surface area contributed by atoms with Crippen molar-refractivity contribution in [2.24, 2.45) is 0 Å². The van der Waals surface area contributed by atoms with Gasteiger partial charge in [0.25, 0.3) is 0 Å². The Morgan fingerprint density at radius 1 is 0.923 bits per heavy atom. The first-order chi connectivity index (χ1) is 12.6. The minimum atomic E-state index is -0.864. The fraction of sp³-hybridized carbons (Fsp3) is 0.136. The maximum absolute atomic E-state index is 12.0. The molecule has 0 saturated heterocycles. The summed E-state index contributed by atoms with van der Waals surface area (Å²) in [7, 11) is 0. The van der Waals surface area contributed by atoms with Crippen LogP contribution in [0.4, 0.5) is 0 Å². The largest absolute Gasteiger partial charge is 0.489 e. The summed E-state index contributed by atoms with van der Waals surface area (Å²) in [6.45, 7) is 0.396. The highest BCUT2D eigenvalue weighted by atomic mass is 79.9. The molecule has 0 bridgehead atoms. The fourth-order valence-electron chi connectivity index (χ4n) is 2.84. The lowest BCUT2D eigenvalue weighted by molar-refractivity contribution is -0.138. The number of rotatable bonds is 7. The summed E-state index contributed by atoms with van der Waals surface area (Å²) >= 11 is 3.45. The maximum atomic E-state index is 12.0. The van der Waals surface area contributed by atoms with Crippen LogP contribution in [0.2, 0.25) is 0 Å². The first kappa shape index (κ1) is 18.2. The third kappa shape index (κ3) is 4.73. The van der Waals surface area contributed by atoms with Crippen molar-refractivity contribution in [1.82, 2.24) is 0 Å². The molecule has 0 fully saturated rings. The third-order valence-corrected chi connectivity index (χ3v) is 4.66. The van der Waals surface area contributed by atoms with Crippen LogP contribution in [-0.2, 0) is 17.8 Å². The van der Waals surface area contributed by atoms with Crippen LogP contribution in [0.15, 0.2) is 83.3 Å². The molecular weight excluding hydrogens is 392 g/mol. The Hall–Kier alpha value is -2.59. The van der Waals surface area contributed by atoms with Gasteiger partial charge in [0.05, 0.1) is 5.92 Å². The number of aliphatic carboxylic acids is 1. The van der Waals surface area contributed by atoms with E-state index in [2.05, 4.69) is 15.9 Å². The standard InChI is InChI=1S/C22H19BrO3/c23-18-11-12-21(26-15-17-9-5-2-6-10-17)19(14-18)20(22(24)25)13-16-7-3-1-4-8-16/h1-12,14,20H,13,15H2,(H,24,25). The molecule has 3 aromatic rings. The molecule has 0 aliphatic rings. The summed E-state index contributed by atoms with van der Waals surface area (Å²) in [5, 5.41) is 9.82. The SMILES string of the molecule is O=C(O)C(Cc1ccccc1)c1cc(Br)ccc1OCc1ccccc1. The summed E-state index contributed by atoms with van der Waals surface area (Å²) in [5.41, 5.74) is 2.69. The van der Waals surface area contributed by atoms with E-state index >= 15 is 0 Å². The number of carboxylic acids is 1. The van der Waals surface area contributed by atoms with Crippen molar-refractivity contribution in [2.45, 2.75) is 18.9 Å². The Bertz CT molecular complexity index is 863. The van der Waals surface area contributed by atoms with E-state index in [1.807, 2.05) is 78.9 Å². The lowest BCUT2D eigenvalue weighted by Gasteiger charge is -2.18. The van der Waals surface area contributed by atoms with Gasteiger partial charge in [-0.25, -0.2) is 0 Å². The van der Waals surface area contributed by atoms with Gasteiger partial charge < -0.3 is 9.84 Å². The van der Waals surface area contributed by atoms with Crippen LogP contribution in [0.25, 0.3) is 0 Å². The van der Waals surface area contributed by atoms with Gasteiger partial charge >= 0.3 is 5.97 Å². The topological polar surface area (TPSA) is 46.5 Å². The molecule has 4 heteroatoms. The van der Waals surface area contributed by atoms with Crippen LogP contribution in [0.5, 0.6) is 5.75 Å². The van der Waals surface area contributed by atoms with Crippen LogP contribution in [0.1, 0.15) is 22.6 Å². The summed E-state index contributed by atoms with van der Waals surface area (Å²) in [6.07, 6.45) is 0.411. The average molecular weight is 411 g/mol. The van der Waals surface area contributed by atoms with Crippen LogP contribution < -0.4 is 4.74 Å². The third-order valence-electron chi connectivity index (χ3n) is 4.17. The molecule has 0 spiro atoms. The zero-order valence-electron chi connectivity index (χ0n) is 14.1. The normalized spacial score (nSPS) is 11.7. The summed E-state index contributed by atoms with van der Waals surface area (Å²) in [5.74, 6) is -0.947. The Morgan fingerprint density at radius 3 is 2.15 bits per heavy atom. The molecule has 26 heavy (non-hydrogen) atoms. The molecular formula is C22H19BrO3. The molecule has 1 N–H and O–H groups in total. The van der Waals surface area contributed by atoms with E-state index in [1.165, 1.54) is 0 Å². The summed E-state index contributed by atoms with van der Waals surface area (Å²) in [4.78, 5) is 12.0. The molecule has 0 aromatic heterocycles. The number of hydrogen-bond acceptors (Lipinski definition) is 2. The lowest BCUT2D eigenvalue weighted by Crippen LogP contribution is -2.16. The van der Waals surface area contributed by atoms with Crippen molar-refractivity contribution in [3.8, 4) is 5.75 Å². The summed E-state index contributed by atoms with van der Waals surface area (Å²) < 4.78 is 6.80. The highest BCUT2D eigenvalue weighted by molar-refractivity contribution is 9.10. The highest BCUT2D eigenvalue weighted by Gasteiger charge is 2.24. The molecule has 0 radical (unpaired) electrons. The predicted octanol–water partition coefficient (Wildman–Crippen LogP) is 5.44. The molecule has 3 rings (SSSR count). The molecule has 132 valence electrons. The van der Waals surface area contributed by atoms with E-state index in [0.29, 0.717) is 24.3 Å². The van der Waals surface area contributed by atoms with Gasteiger partial charge in [-0.3, -0.25) is 4.79 Å². The van der Waals surface area contributed by atoms with E-state index in [1.54, 1.807) is 0 Å². The van der Waals surface area contributed by atoms with Gasteiger partial charge in [-0.2, -0.15) is 0 Å². The van der Waals surface area contributed by atoms with Gasteiger partial charge in [-0.15, -0.1) is 0 Å². The van der Waals surface area contributed by atoms with Gasteiger partial charge in [-0.05, 0) is 35.7 Å². The molecule has 0 saturated carbocycles. The smallest absolute Gasteiger partial charge is 0.311 e. The second-order valence-electron chi connectivity index (χ2n) is 6.04. The van der Waals surface area contributed by atoms with E-state index in [-0.39, 0.29) is 0 Å². The van der Waals surface area contributed by atoms with Crippen LogP contribution >= 0.6 is 15.9 Å². The zero-order chi connectivity index (χ0) is 18.4. The second-order valence-corrected chi connectivity index (χ2v) is 6.95. The number of carboxylic acid groups (broad SMARTS) is 1. The number of ether oxygens (including phenoxy) is 1. The van der Waals surface area contributed by atoms with Crippen LogP contribution in [-0.4, -0.2) is 11.1 Å². The van der Waals surface area contributed by atoms with Gasteiger partial charge in [0, 0.05) is 10.0 Å². The van der Waals surface area contributed by atoms with Gasteiger partial charge in [0.15, 0.2) is 0 Å². The minimum Gasteiger partial charge on any atom is -0.489 e. The van der Waals surface area contributed by atoms with Crippen molar-refractivity contribution in [3.63, 3.8) is 0 Å². The quantitative estimate of drug-likeness (QED) is 0.563. The second kappa shape index (κ2) is 8.68. The van der Waals surface area contributed by atoms with Crippen molar-refractivity contribution >= 4 is 21.9 Å². The Kier molecular flexibility index (Phi) is 6.08. The Labute approximate surface area is 161 Å². The summed E-state index contributed by atoms with van der Waals surface area (Å²) in [6, 6.07) is 25.0. The van der Waals surface area contributed by atoms with Crippen molar-refractivity contribution < 1.29 is 14.6 Å². The molecule has 3 nitrogen and oxygen atoms in total. The van der Waals surface area contributed by atoms with Crippen molar-refractivity contribution in [3.05, 3.63) is 100 Å². The van der Waals surface area contributed by atoms with E-state index in [0.717, 1.165) is 15.6 Å². The minimum absolute atomic E-state index is 0.396. The number of hydrogen-bond donors (Lipinski definition) is 1. The molecule has 3 aromatic carbocycles. The number of halogens is 1. The van der Waals surface area contributed by atoms with Gasteiger partial charge in [0.2, 0.25) is 0 Å². The molecule has 0 aliphatic carbocycles. The zero-order valence-corrected chi connectivity index (χ0v) is 15.7. The monoisotopic (exact) mass is 410 g/mol. The van der Waals surface area contributed by atoms with Crippen molar-refractivity contribution in [2.75, 3.05) is 0 Å². The molecule has 0 aliphatic heterocycles. The maximum Gasteiger partial charge on any atom is 0.311 e. The van der Waals surface area contributed by atoms with E-state index in [9.17, 15) is 9.90 Å². The lowest BCUT2D eigenvalue weighted by atomic mass is 9.91. The number of benzene rings is 3. The van der Waals surface area contributed by atoms with E-state index in [4.69, 9.17) is 4.74 Å². The first-order valence-corrected chi connectivity index (χ1v) is 9.15. The first-order valence-electron chi connectivity index (χ1n) is 8.36. The van der Waals surface area contributed by atoms with Crippen molar-refractivity contribution in [1.29, 1.82) is 0 Å². The Balaban J connectivity index is 1.88. The Morgan fingerprint density at radius 2 is 1.54 bits per heavy atom. The van der Waals surface area contributed by atoms with E-state index < -0.39 is 11.9 Å².